The van der Waals surface area contributed by atoms with Crippen molar-refractivity contribution < 1.29 is 18.0 Å². The second-order valence-corrected chi connectivity index (χ2v) is 6.46. The summed E-state index contributed by atoms with van der Waals surface area (Å²) in [5.74, 6) is -0.351. The minimum absolute atomic E-state index is 0.113. The number of thioether (sulfide) groups is 1. The molecule has 1 N–H and O–H groups in total. The highest BCUT2D eigenvalue weighted by molar-refractivity contribution is 7.99. The van der Waals surface area contributed by atoms with Gasteiger partial charge in [-0.05, 0) is 24.5 Å². The Kier molecular flexibility index (Phi) is 4.85. The molecule has 25 heavy (non-hydrogen) atoms. The summed E-state index contributed by atoms with van der Waals surface area (Å²) < 4.78 is 38.1. The zero-order chi connectivity index (χ0) is 18.0. The van der Waals surface area contributed by atoms with Crippen molar-refractivity contribution in [2.75, 3.05) is 17.2 Å². The number of alkyl halides is 3. The molecule has 132 valence electrons. The van der Waals surface area contributed by atoms with Crippen LogP contribution in [-0.2, 0) is 17.4 Å². The van der Waals surface area contributed by atoms with Gasteiger partial charge in [0, 0.05) is 18.3 Å². The number of halogens is 3. The van der Waals surface area contributed by atoms with Crippen molar-refractivity contribution in [1.29, 1.82) is 0 Å². The number of benzene rings is 1. The Labute approximate surface area is 145 Å². The van der Waals surface area contributed by atoms with Crippen molar-refractivity contribution in [2.45, 2.75) is 24.2 Å². The Balaban J connectivity index is 1.74. The van der Waals surface area contributed by atoms with Gasteiger partial charge in [0.05, 0.1) is 5.75 Å². The molecular formula is C16H14F3N3O2S. The molecule has 2 heterocycles. The predicted octanol–water partition coefficient (Wildman–Crippen LogP) is 2.86. The van der Waals surface area contributed by atoms with Crippen molar-refractivity contribution in [3.05, 3.63) is 51.9 Å². The van der Waals surface area contributed by atoms with Crippen molar-refractivity contribution in [1.82, 2.24) is 9.97 Å². The van der Waals surface area contributed by atoms with Crippen LogP contribution in [0, 0.1) is 0 Å². The lowest BCUT2D eigenvalue weighted by Gasteiger charge is -2.29. The molecule has 9 heteroatoms. The van der Waals surface area contributed by atoms with E-state index in [0.717, 1.165) is 35.9 Å². The van der Waals surface area contributed by atoms with E-state index in [1.165, 1.54) is 0 Å². The van der Waals surface area contributed by atoms with Gasteiger partial charge < -0.3 is 9.88 Å². The van der Waals surface area contributed by atoms with E-state index in [4.69, 9.17) is 0 Å². The maximum atomic E-state index is 12.7. The van der Waals surface area contributed by atoms with Crippen LogP contribution in [0.3, 0.4) is 0 Å². The van der Waals surface area contributed by atoms with Crippen molar-refractivity contribution in [3.63, 3.8) is 0 Å². The monoisotopic (exact) mass is 369 g/mol. The van der Waals surface area contributed by atoms with E-state index < -0.39 is 17.4 Å². The SMILES string of the molecule is O=C(CSc1nc(C(F)(F)F)cc(=O)[nH]1)N1CCCc2ccccc21. The lowest BCUT2D eigenvalue weighted by atomic mass is 10.0. The van der Waals surface area contributed by atoms with Gasteiger partial charge >= 0.3 is 6.18 Å². The minimum Gasteiger partial charge on any atom is -0.311 e. The largest absolute Gasteiger partial charge is 0.433 e. The summed E-state index contributed by atoms with van der Waals surface area (Å²) in [5, 5.41) is -0.224. The Bertz CT molecular complexity index is 851. The van der Waals surface area contributed by atoms with Gasteiger partial charge in [0.15, 0.2) is 10.9 Å². The molecule has 0 spiro atoms. The predicted molar refractivity (Wildman–Crippen MR) is 87.7 cm³/mol. The Morgan fingerprint density at radius 3 is 2.84 bits per heavy atom. The molecule has 0 aliphatic carbocycles. The van der Waals surface area contributed by atoms with E-state index in [1.807, 2.05) is 24.3 Å². The second kappa shape index (κ2) is 6.91. The molecule has 0 atom stereocenters. The van der Waals surface area contributed by atoms with Crippen LogP contribution in [0.4, 0.5) is 18.9 Å². The van der Waals surface area contributed by atoms with Crippen molar-refractivity contribution in [2.24, 2.45) is 0 Å². The number of hydrogen-bond donors (Lipinski definition) is 1. The summed E-state index contributed by atoms with van der Waals surface area (Å²) in [6, 6.07) is 7.93. The zero-order valence-corrected chi connectivity index (χ0v) is 13.8. The number of aromatic nitrogens is 2. The fraction of sp³-hybridized carbons (Fsp3) is 0.312. The molecule has 0 saturated heterocycles. The number of H-pyrrole nitrogens is 1. The Morgan fingerprint density at radius 2 is 2.08 bits per heavy atom. The van der Waals surface area contributed by atoms with Crippen LogP contribution in [0.5, 0.6) is 0 Å². The number of aromatic amines is 1. The highest BCUT2D eigenvalue weighted by atomic mass is 32.2. The number of hydrogen-bond acceptors (Lipinski definition) is 4. The average molecular weight is 369 g/mol. The van der Waals surface area contributed by atoms with Crippen molar-refractivity contribution in [3.8, 4) is 0 Å². The third kappa shape index (κ3) is 4.04. The first-order valence-electron chi connectivity index (χ1n) is 7.54. The second-order valence-electron chi connectivity index (χ2n) is 5.50. The Hall–Kier alpha value is -2.29. The number of aryl methyl sites for hydroxylation is 1. The number of rotatable bonds is 3. The van der Waals surface area contributed by atoms with Gasteiger partial charge in [-0.25, -0.2) is 4.98 Å². The molecule has 0 unspecified atom stereocenters. The number of anilines is 1. The van der Waals surface area contributed by atoms with Crippen LogP contribution < -0.4 is 10.5 Å². The number of carbonyl (C=O) groups excluding carboxylic acids is 1. The molecule has 0 saturated carbocycles. The summed E-state index contributed by atoms with van der Waals surface area (Å²) in [6.07, 6.45) is -3.00. The molecule has 1 aliphatic heterocycles. The first-order valence-corrected chi connectivity index (χ1v) is 8.53. The molecule has 2 aromatic rings. The minimum atomic E-state index is -4.71. The van der Waals surface area contributed by atoms with Gasteiger partial charge in [-0.15, -0.1) is 0 Å². The maximum Gasteiger partial charge on any atom is 0.433 e. The summed E-state index contributed by atoms with van der Waals surface area (Å²) in [4.78, 5) is 31.1. The summed E-state index contributed by atoms with van der Waals surface area (Å²) in [7, 11) is 0. The van der Waals surface area contributed by atoms with E-state index in [1.54, 1.807) is 4.90 Å². The summed E-state index contributed by atoms with van der Waals surface area (Å²) in [5.41, 5.74) is -0.280. The first kappa shape index (κ1) is 17.5. The molecule has 1 amide bonds. The topological polar surface area (TPSA) is 66.1 Å². The highest BCUT2D eigenvalue weighted by Crippen LogP contribution is 2.29. The van der Waals surface area contributed by atoms with Gasteiger partial charge in [0.1, 0.15) is 0 Å². The number of nitrogens with one attached hydrogen (secondary N) is 1. The van der Waals surface area contributed by atoms with E-state index in [-0.39, 0.29) is 16.8 Å². The number of para-hydroxylation sites is 1. The molecule has 0 bridgehead atoms. The van der Waals surface area contributed by atoms with Gasteiger partial charge in [-0.3, -0.25) is 9.59 Å². The quantitative estimate of drug-likeness (QED) is 0.667. The smallest absolute Gasteiger partial charge is 0.311 e. The third-order valence-electron chi connectivity index (χ3n) is 3.75. The number of nitrogens with zero attached hydrogens (tertiary/aromatic N) is 2. The molecule has 5 nitrogen and oxygen atoms in total. The van der Waals surface area contributed by atoms with Crippen molar-refractivity contribution >= 4 is 23.4 Å². The van der Waals surface area contributed by atoms with Gasteiger partial charge in [-0.2, -0.15) is 13.2 Å². The van der Waals surface area contributed by atoms with Gasteiger partial charge in [0.25, 0.3) is 5.56 Å². The van der Waals surface area contributed by atoms with Crippen LogP contribution in [-0.4, -0.2) is 28.2 Å². The van der Waals surface area contributed by atoms with E-state index in [0.29, 0.717) is 12.6 Å². The molecule has 3 rings (SSSR count). The van der Waals surface area contributed by atoms with Gasteiger partial charge in [-0.1, -0.05) is 30.0 Å². The highest BCUT2D eigenvalue weighted by Gasteiger charge is 2.33. The lowest BCUT2D eigenvalue weighted by molar-refractivity contribution is -0.141. The molecular weight excluding hydrogens is 355 g/mol. The van der Waals surface area contributed by atoms with E-state index in [2.05, 4.69) is 9.97 Å². The van der Waals surface area contributed by atoms with Crippen LogP contribution in [0.25, 0.3) is 0 Å². The molecule has 1 aliphatic rings. The van der Waals surface area contributed by atoms with E-state index >= 15 is 0 Å². The first-order chi connectivity index (χ1) is 11.8. The zero-order valence-electron chi connectivity index (χ0n) is 13.0. The third-order valence-corrected chi connectivity index (χ3v) is 4.61. The van der Waals surface area contributed by atoms with Crippen LogP contribution in [0.2, 0.25) is 0 Å². The number of fused-ring (bicyclic) bond motifs is 1. The van der Waals surface area contributed by atoms with Crippen LogP contribution in [0.15, 0.2) is 40.3 Å². The van der Waals surface area contributed by atoms with Crippen LogP contribution >= 0.6 is 11.8 Å². The van der Waals surface area contributed by atoms with E-state index in [9.17, 15) is 22.8 Å². The summed E-state index contributed by atoms with van der Waals surface area (Å²) >= 11 is 0.783. The standard InChI is InChI=1S/C16H14F3N3O2S/c17-16(18,19)12-8-13(23)21-15(20-12)25-9-14(24)22-7-3-5-10-4-1-2-6-11(10)22/h1-2,4,6,8H,3,5,7,9H2,(H,20,21,23). The molecule has 1 aromatic heterocycles. The summed E-state index contributed by atoms with van der Waals surface area (Å²) in [6.45, 7) is 0.558. The fourth-order valence-corrected chi connectivity index (χ4v) is 3.40. The number of amides is 1. The molecule has 0 fully saturated rings. The maximum absolute atomic E-state index is 12.7. The average Bonchev–Trinajstić information content (AvgIpc) is 2.58. The fourth-order valence-electron chi connectivity index (χ4n) is 2.65. The Morgan fingerprint density at radius 1 is 1.32 bits per heavy atom. The molecule has 0 radical (unpaired) electrons. The number of carbonyl (C=O) groups is 1. The lowest BCUT2D eigenvalue weighted by Crippen LogP contribution is -2.36. The normalized spacial score (nSPS) is 14.3. The molecule has 1 aromatic carbocycles. The van der Waals surface area contributed by atoms with Gasteiger partial charge in [0.2, 0.25) is 5.91 Å². The van der Waals surface area contributed by atoms with Crippen LogP contribution in [0.1, 0.15) is 17.7 Å².